The minimum atomic E-state index is 0.692. The van der Waals surface area contributed by atoms with Crippen molar-refractivity contribution in [3.8, 4) is 16.8 Å². The van der Waals surface area contributed by atoms with Crippen molar-refractivity contribution in [2.24, 2.45) is 0 Å². The molecule has 0 radical (unpaired) electrons. The minimum absolute atomic E-state index is 0.692. The van der Waals surface area contributed by atoms with Crippen LogP contribution >= 0.6 is 23.2 Å². The normalized spacial score (nSPS) is 10.6. The lowest BCUT2D eigenvalue weighted by Crippen LogP contribution is -1.92. The number of hydrogen-bond acceptors (Lipinski definition) is 1. The van der Waals surface area contributed by atoms with E-state index in [4.69, 9.17) is 23.2 Å². The van der Waals surface area contributed by atoms with Crippen LogP contribution in [0.15, 0.2) is 60.9 Å². The molecule has 0 N–H and O–H groups in total. The van der Waals surface area contributed by atoms with Gasteiger partial charge in [0.15, 0.2) is 0 Å². The van der Waals surface area contributed by atoms with Crippen LogP contribution in [0.4, 0.5) is 0 Å². The predicted octanol–water partition coefficient (Wildman–Crippen LogP) is 4.85. The molecule has 0 aliphatic rings. The molecule has 0 aliphatic heterocycles. The molecule has 3 aromatic rings. The zero-order chi connectivity index (χ0) is 13.2. The third-order valence-corrected chi connectivity index (χ3v) is 3.28. The molecule has 0 aliphatic carbocycles. The summed E-state index contributed by atoms with van der Waals surface area (Å²) in [5, 5.41) is 5.76. The van der Waals surface area contributed by atoms with Gasteiger partial charge in [-0.05, 0) is 35.9 Å². The summed E-state index contributed by atoms with van der Waals surface area (Å²) in [6, 6.07) is 15.3. The summed E-state index contributed by atoms with van der Waals surface area (Å²) in [5.41, 5.74) is 2.99. The Hall–Kier alpha value is -1.77. The van der Waals surface area contributed by atoms with E-state index in [-0.39, 0.29) is 0 Å². The van der Waals surface area contributed by atoms with Crippen LogP contribution in [0.25, 0.3) is 16.8 Å². The fraction of sp³-hybridized carbons (Fsp3) is 0. The third-order valence-electron chi connectivity index (χ3n) is 2.81. The maximum absolute atomic E-state index is 5.99. The molecule has 2 aromatic carbocycles. The molecule has 0 bridgehead atoms. The first-order chi connectivity index (χ1) is 9.22. The highest BCUT2D eigenvalue weighted by Gasteiger charge is 2.04. The Bertz CT molecular complexity index is 659. The van der Waals surface area contributed by atoms with E-state index in [1.54, 1.807) is 4.68 Å². The Balaban J connectivity index is 2.00. The second-order valence-corrected chi connectivity index (χ2v) is 5.04. The van der Waals surface area contributed by atoms with Crippen molar-refractivity contribution in [2.45, 2.75) is 0 Å². The van der Waals surface area contributed by atoms with Gasteiger partial charge in [0.05, 0.1) is 11.9 Å². The molecule has 0 atom stereocenters. The highest BCUT2D eigenvalue weighted by atomic mass is 35.5. The van der Waals surface area contributed by atoms with Gasteiger partial charge in [-0.15, -0.1) is 0 Å². The average molecular weight is 289 g/mol. The van der Waals surface area contributed by atoms with Crippen molar-refractivity contribution >= 4 is 23.2 Å². The standard InChI is InChI=1S/C15H10Cl2N2/c16-13-4-1-3-11(7-13)12-9-18-19(10-12)15-6-2-5-14(17)8-15/h1-10H. The lowest BCUT2D eigenvalue weighted by atomic mass is 10.1. The van der Waals surface area contributed by atoms with Gasteiger partial charge < -0.3 is 0 Å². The lowest BCUT2D eigenvalue weighted by Gasteiger charge is -2.01. The van der Waals surface area contributed by atoms with E-state index in [2.05, 4.69) is 5.10 Å². The first-order valence-corrected chi connectivity index (χ1v) is 6.54. The molecule has 2 nitrogen and oxygen atoms in total. The summed E-state index contributed by atoms with van der Waals surface area (Å²) in [5.74, 6) is 0. The maximum Gasteiger partial charge on any atom is 0.0660 e. The summed E-state index contributed by atoms with van der Waals surface area (Å²) < 4.78 is 1.79. The minimum Gasteiger partial charge on any atom is -0.240 e. The van der Waals surface area contributed by atoms with Crippen LogP contribution in [0.3, 0.4) is 0 Å². The van der Waals surface area contributed by atoms with Gasteiger partial charge >= 0.3 is 0 Å². The third kappa shape index (κ3) is 2.65. The van der Waals surface area contributed by atoms with E-state index in [0.717, 1.165) is 16.8 Å². The molecule has 0 spiro atoms. The predicted molar refractivity (Wildman–Crippen MR) is 79.0 cm³/mol. The molecule has 0 unspecified atom stereocenters. The molecule has 0 saturated carbocycles. The first kappa shape index (κ1) is 12.3. The smallest absolute Gasteiger partial charge is 0.0660 e. The zero-order valence-corrected chi connectivity index (χ0v) is 11.4. The van der Waals surface area contributed by atoms with Crippen molar-refractivity contribution in [1.29, 1.82) is 0 Å². The number of nitrogens with zero attached hydrogens (tertiary/aromatic N) is 2. The molecular formula is C15H10Cl2N2. The summed E-state index contributed by atoms with van der Waals surface area (Å²) in [7, 11) is 0. The van der Waals surface area contributed by atoms with Crippen molar-refractivity contribution in [2.75, 3.05) is 0 Å². The van der Waals surface area contributed by atoms with Crippen LogP contribution in [0.2, 0.25) is 10.0 Å². The van der Waals surface area contributed by atoms with E-state index in [1.165, 1.54) is 0 Å². The van der Waals surface area contributed by atoms with Crippen molar-refractivity contribution in [1.82, 2.24) is 9.78 Å². The van der Waals surface area contributed by atoms with Gasteiger partial charge in [-0.1, -0.05) is 41.4 Å². The molecule has 0 amide bonds. The lowest BCUT2D eigenvalue weighted by molar-refractivity contribution is 0.881. The second kappa shape index (κ2) is 5.08. The van der Waals surface area contributed by atoms with E-state index >= 15 is 0 Å². The Labute approximate surface area is 121 Å². The van der Waals surface area contributed by atoms with E-state index in [1.807, 2.05) is 60.9 Å². The quantitative estimate of drug-likeness (QED) is 0.659. The molecule has 0 fully saturated rings. The van der Waals surface area contributed by atoms with Gasteiger partial charge in [0.1, 0.15) is 0 Å². The summed E-state index contributed by atoms with van der Waals surface area (Å²) in [4.78, 5) is 0. The van der Waals surface area contributed by atoms with Crippen molar-refractivity contribution in [3.63, 3.8) is 0 Å². The second-order valence-electron chi connectivity index (χ2n) is 4.16. The number of benzene rings is 2. The van der Waals surface area contributed by atoms with Crippen LogP contribution < -0.4 is 0 Å². The van der Waals surface area contributed by atoms with Crippen LogP contribution in [0, 0.1) is 0 Å². The van der Waals surface area contributed by atoms with Crippen molar-refractivity contribution in [3.05, 3.63) is 71.0 Å². The molecule has 0 saturated heterocycles. The molecule has 1 heterocycles. The van der Waals surface area contributed by atoms with E-state index in [9.17, 15) is 0 Å². The highest BCUT2D eigenvalue weighted by Crippen LogP contribution is 2.23. The van der Waals surface area contributed by atoms with Gasteiger partial charge in [0.25, 0.3) is 0 Å². The summed E-state index contributed by atoms with van der Waals surface area (Å²) in [6.45, 7) is 0. The SMILES string of the molecule is Clc1cccc(-c2cnn(-c3cccc(Cl)c3)c2)c1. The Morgan fingerprint density at radius 2 is 1.58 bits per heavy atom. The Kier molecular flexibility index (Phi) is 3.28. The van der Waals surface area contributed by atoms with Crippen molar-refractivity contribution < 1.29 is 0 Å². The van der Waals surface area contributed by atoms with Crippen LogP contribution in [-0.4, -0.2) is 9.78 Å². The fourth-order valence-electron chi connectivity index (χ4n) is 1.90. The molecule has 94 valence electrons. The van der Waals surface area contributed by atoms with E-state index < -0.39 is 0 Å². The summed E-state index contributed by atoms with van der Waals surface area (Å²) in [6.07, 6.45) is 3.77. The number of rotatable bonds is 2. The molecular weight excluding hydrogens is 279 g/mol. The van der Waals surface area contributed by atoms with Gasteiger partial charge in [-0.25, -0.2) is 4.68 Å². The van der Waals surface area contributed by atoms with Gasteiger partial charge in [-0.2, -0.15) is 5.10 Å². The van der Waals surface area contributed by atoms with E-state index in [0.29, 0.717) is 10.0 Å². The Morgan fingerprint density at radius 3 is 2.32 bits per heavy atom. The molecule has 4 heteroatoms. The number of hydrogen-bond donors (Lipinski definition) is 0. The van der Waals surface area contributed by atoms with Gasteiger partial charge in [-0.3, -0.25) is 0 Å². The maximum atomic E-state index is 5.99. The molecule has 3 rings (SSSR count). The fourth-order valence-corrected chi connectivity index (χ4v) is 2.27. The monoisotopic (exact) mass is 288 g/mol. The summed E-state index contributed by atoms with van der Waals surface area (Å²) >= 11 is 12.0. The van der Waals surface area contributed by atoms with Gasteiger partial charge in [0.2, 0.25) is 0 Å². The number of aromatic nitrogens is 2. The van der Waals surface area contributed by atoms with Crippen LogP contribution in [-0.2, 0) is 0 Å². The molecule has 19 heavy (non-hydrogen) atoms. The zero-order valence-electron chi connectivity index (χ0n) is 9.92. The van der Waals surface area contributed by atoms with Crippen LogP contribution in [0.1, 0.15) is 0 Å². The average Bonchev–Trinajstić information content (AvgIpc) is 2.88. The largest absolute Gasteiger partial charge is 0.240 e. The first-order valence-electron chi connectivity index (χ1n) is 5.79. The number of halogens is 2. The Morgan fingerprint density at radius 1 is 0.842 bits per heavy atom. The van der Waals surface area contributed by atoms with Gasteiger partial charge in [0, 0.05) is 21.8 Å². The molecule has 1 aromatic heterocycles. The topological polar surface area (TPSA) is 17.8 Å². The highest BCUT2D eigenvalue weighted by molar-refractivity contribution is 6.31. The van der Waals surface area contributed by atoms with Crippen LogP contribution in [0.5, 0.6) is 0 Å².